The number of benzene rings is 4. The molecule has 0 aliphatic rings. The highest BCUT2D eigenvalue weighted by molar-refractivity contribution is 6.09. The highest BCUT2D eigenvalue weighted by Crippen LogP contribution is 2.32. The smallest absolute Gasteiger partial charge is 0.259 e. The Hall–Kier alpha value is -7.20. The number of hydrogen-bond donors (Lipinski definition) is 5. The van der Waals surface area contributed by atoms with E-state index in [0.717, 1.165) is 0 Å². The molecule has 0 spiro atoms. The third-order valence-electron chi connectivity index (χ3n) is 8.85. The first kappa shape index (κ1) is 38.0. The largest absolute Gasteiger partial charge is 0.507 e. The van der Waals surface area contributed by atoms with Gasteiger partial charge in [0.15, 0.2) is 11.6 Å². The van der Waals surface area contributed by atoms with Crippen LogP contribution in [0, 0.1) is 38.0 Å². The first-order valence-electron chi connectivity index (χ1n) is 16.8. The second-order valence-corrected chi connectivity index (χ2v) is 12.6. The van der Waals surface area contributed by atoms with Crippen LogP contribution in [0.4, 0.5) is 17.1 Å². The molecule has 0 aliphatic carbocycles. The van der Waals surface area contributed by atoms with Crippen LogP contribution in [0.2, 0.25) is 0 Å². The molecule has 0 radical (unpaired) electrons. The van der Waals surface area contributed by atoms with Crippen molar-refractivity contribution in [1.29, 1.82) is 5.26 Å². The number of nitrogens with zero attached hydrogens (tertiary/aromatic N) is 3. The molecule has 1 heterocycles. The summed E-state index contributed by atoms with van der Waals surface area (Å²) in [5, 5.41) is 38.5. The second kappa shape index (κ2) is 16.9. The van der Waals surface area contributed by atoms with E-state index in [0.29, 0.717) is 33.6 Å². The van der Waals surface area contributed by atoms with Gasteiger partial charge in [0, 0.05) is 71.0 Å². The lowest BCUT2D eigenvalue weighted by molar-refractivity contribution is -0.119. The highest BCUT2D eigenvalue weighted by Gasteiger charge is 2.24. The van der Waals surface area contributed by atoms with Crippen LogP contribution in [0.1, 0.15) is 76.7 Å². The summed E-state index contributed by atoms with van der Waals surface area (Å²) in [5.74, 6) is -3.44. The van der Waals surface area contributed by atoms with Gasteiger partial charge >= 0.3 is 0 Å². The molecule has 272 valence electrons. The van der Waals surface area contributed by atoms with Gasteiger partial charge in [0.05, 0.1) is 23.7 Å². The van der Waals surface area contributed by atoms with Gasteiger partial charge in [-0.05, 0) is 74.4 Å². The maximum atomic E-state index is 13.1. The molecule has 0 bridgehead atoms. The fraction of sp³-hybridized carbons (Fsp3) is 0.171. The van der Waals surface area contributed by atoms with Crippen LogP contribution < -0.4 is 16.0 Å². The summed E-state index contributed by atoms with van der Waals surface area (Å²) in [6, 6.07) is 20.5. The fourth-order valence-electron chi connectivity index (χ4n) is 5.56. The van der Waals surface area contributed by atoms with E-state index in [9.17, 15) is 39.4 Å². The number of anilines is 3. The first-order chi connectivity index (χ1) is 25.9. The van der Waals surface area contributed by atoms with Gasteiger partial charge in [-0.3, -0.25) is 29.0 Å². The van der Waals surface area contributed by atoms with E-state index in [1.165, 1.54) is 55.0 Å². The molecule has 54 heavy (non-hydrogen) atoms. The Morgan fingerprint density at radius 1 is 0.722 bits per heavy atom. The van der Waals surface area contributed by atoms with Crippen molar-refractivity contribution in [2.24, 2.45) is 5.92 Å². The molecule has 1 aromatic heterocycles. The highest BCUT2D eigenvalue weighted by atomic mass is 16.3. The predicted molar refractivity (Wildman–Crippen MR) is 201 cm³/mol. The number of aryl methyl sites for hydroxylation is 1. The third-order valence-corrected chi connectivity index (χ3v) is 8.85. The quantitative estimate of drug-likeness (QED) is 0.0834. The summed E-state index contributed by atoms with van der Waals surface area (Å²) in [4.78, 5) is 72.5. The molecular weight excluding hydrogens is 688 g/mol. The van der Waals surface area contributed by atoms with Gasteiger partial charge in [-0.1, -0.05) is 30.3 Å². The molecule has 0 fully saturated rings. The van der Waals surface area contributed by atoms with Gasteiger partial charge in [-0.15, -0.1) is 0 Å². The Balaban J connectivity index is 1.17. The van der Waals surface area contributed by atoms with Gasteiger partial charge in [0.25, 0.3) is 11.8 Å². The van der Waals surface area contributed by atoms with Gasteiger partial charge in [-0.25, -0.2) is 4.98 Å². The molecule has 0 saturated carbocycles. The molecular formula is C41H36N6O7. The number of aromatic nitrogens is 2. The van der Waals surface area contributed by atoms with E-state index in [1.807, 2.05) is 6.07 Å². The van der Waals surface area contributed by atoms with Crippen molar-refractivity contribution in [3.8, 4) is 17.6 Å². The zero-order valence-corrected chi connectivity index (χ0v) is 29.6. The average Bonchev–Trinajstić information content (AvgIpc) is 3.17. The maximum Gasteiger partial charge on any atom is 0.259 e. The van der Waals surface area contributed by atoms with Crippen LogP contribution >= 0.6 is 0 Å². The number of ketones is 2. The van der Waals surface area contributed by atoms with Crippen LogP contribution in [0.5, 0.6) is 11.5 Å². The predicted octanol–water partition coefficient (Wildman–Crippen LogP) is 6.48. The van der Waals surface area contributed by atoms with Crippen LogP contribution in [0.3, 0.4) is 0 Å². The molecule has 1 atom stereocenters. The zero-order valence-electron chi connectivity index (χ0n) is 29.6. The van der Waals surface area contributed by atoms with Crippen LogP contribution in [-0.4, -0.2) is 49.5 Å². The SMILES string of the molecule is Cc1ccc(NC(=O)c2ccc(NC(=O)c3ccc(NC(=O)C(CC#N)CC(=O)c4ccc(CC(=O)c5cnccn5)cc4)cc3)c(C)c2O)c(C)c1O. The number of nitrogens with one attached hydrogen (secondary N) is 3. The summed E-state index contributed by atoms with van der Waals surface area (Å²) in [6.45, 7) is 4.95. The average molecular weight is 725 g/mol. The number of Topliss-reactive ketones (excluding diaryl/α,β-unsaturated/α-hetero) is 2. The van der Waals surface area contributed by atoms with Gasteiger partial charge < -0.3 is 26.2 Å². The summed E-state index contributed by atoms with van der Waals surface area (Å²) in [5.41, 5.74) is 3.84. The Bertz CT molecular complexity index is 2280. The van der Waals surface area contributed by atoms with E-state index in [4.69, 9.17) is 0 Å². The lowest BCUT2D eigenvalue weighted by Gasteiger charge is -2.15. The number of carbonyl (C=O) groups excluding carboxylic acids is 5. The van der Waals surface area contributed by atoms with E-state index in [2.05, 4.69) is 25.9 Å². The molecule has 5 N–H and O–H groups in total. The van der Waals surface area contributed by atoms with Crippen molar-refractivity contribution in [2.45, 2.75) is 40.0 Å². The second-order valence-electron chi connectivity index (χ2n) is 12.6. The minimum atomic E-state index is -0.947. The lowest BCUT2D eigenvalue weighted by Crippen LogP contribution is -2.25. The lowest BCUT2D eigenvalue weighted by atomic mass is 9.94. The van der Waals surface area contributed by atoms with Crippen molar-refractivity contribution < 1.29 is 34.2 Å². The molecule has 4 aromatic carbocycles. The molecule has 0 aliphatic heterocycles. The normalized spacial score (nSPS) is 11.1. The van der Waals surface area contributed by atoms with E-state index in [1.54, 1.807) is 57.2 Å². The van der Waals surface area contributed by atoms with E-state index in [-0.39, 0.29) is 70.4 Å². The summed E-state index contributed by atoms with van der Waals surface area (Å²) >= 11 is 0. The standard InChI is InChI=1S/C41H36N6O7/c1-23-4-14-32(24(2)37(23)50)47-41(54)31-13-15-33(25(3)38(31)51)46-39(52)28-9-11-30(12-10-28)45-40(53)29(16-17-42)21-35(48)27-7-5-26(6-8-27)20-36(49)34-22-43-18-19-44-34/h4-15,18-19,22,29,50-51H,16,20-21H2,1-3H3,(H,45,53)(H,46,52)(H,47,54). The Kier molecular flexibility index (Phi) is 11.9. The first-order valence-corrected chi connectivity index (χ1v) is 16.8. The van der Waals surface area contributed by atoms with Crippen molar-refractivity contribution in [3.05, 3.63) is 136 Å². The van der Waals surface area contributed by atoms with Gasteiger partial charge in [0.2, 0.25) is 5.91 Å². The number of phenolic OH excluding ortho intramolecular Hbond substituents is 2. The molecule has 13 heteroatoms. The Morgan fingerprint density at radius 3 is 2.00 bits per heavy atom. The van der Waals surface area contributed by atoms with E-state index >= 15 is 0 Å². The minimum absolute atomic E-state index is 0.0253. The number of rotatable bonds is 13. The molecule has 3 amide bonds. The Labute approximate surface area is 310 Å². The molecule has 13 nitrogen and oxygen atoms in total. The van der Waals surface area contributed by atoms with Crippen molar-refractivity contribution in [3.63, 3.8) is 0 Å². The summed E-state index contributed by atoms with van der Waals surface area (Å²) < 4.78 is 0. The van der Waals surface area contributed by atoms with Crippen LogP contribution in [0.25, 0.3) is 0 Å². The summed E-state index contributed by atoms with van der Waals surface area (Å²) in [7, 11) is 0. The van der Waals surface area contributed by atoms with E-state index < -0.39 is 23.6 Å². The molecule has 0 saturated heterocycles. The number of nitriles is 1. The van der Waals surface area contributed by atoms with Crippen molar-refractivity contribution >= 4 is 46.4 Å². The van der Waals surface area contributed by atoms with Crippen molar-refractivity contribution in [2.75, 3.05) is 16.0 Å². The van der Waals surface area contributed by atoms with Crippen LogP contribution in [-0.2, 0) is 11.2 Å². The molecule has 1 unspecified atom stereocenters. The number of aromatic hydroxyl groups is 2. The summed E-state index contributed by atoms with van der Waals surface area (Å²) in [6.07, 6.45) is 3.94. The zero-order chi connectivity index (χ0) is 38.9. The molecule has 5 rings (SSSR count). The molecule has 5 aromatic rings. The Morgan fingerprint density at radius 2 is 1.35 bits per heavy atom. The fourth-order valence-corrected chi connectivity index (χ4v) is 5.56. The third kappa shape index (κ3) is 8.99. The maximum absolute atomic E-state index is 13.1. The topological polar surface area (TPSA) is 211 Å². The van der Waals surface area contributed by atoms with Gasteiger partial charge in [-0.2, -0.15) is 5.26 Å². The van der Waals surface area contributed by atoms with Crippen molar-refractivity contribution in [1.82, 2.24) is 9.97 Å². The number of phenols is 2. The number of amides is 3. The minimum Gasteiger partial charge on any atom is -0.507 e. The monoisotopic (exact) mass is 724 g/mol. The number of hydrogen-bond acceptors (Lipinski definition) is 10. The van der Waals surface area contributed by atoms with Crippen LogP contribution in [0.15, 0.2) is 91.4 Å². The number of carbonyl (C=O) groups is 5. The van der Waals surface area contributed by atoms with Gasteiger partial charge in [0.1, 0.15) is 17.2 Å².